The summed E-state index contributed by atoms with van der Waals surface area (Å²) in [7, 11) is 1.81. The van der Waals surface area contributed by atoms with Gasteiger partial charge >= 0.3 is 0 Å². The van der Waals surface area contributed by atoms with Crippen LogP contribution in [0.1, 0.15) is 28.9 Å². The van der Waals surface area contributed by atoms with Crippen LogP contribution < -0.4 is 0 Å². The van der Waals surface area contributed by atoms with E-state index in [1.54, 1.807) is 11.1 Å². The van der Waals surface area contributed by atoms with Gasteiger partial charge in [0, 0.05) is 31.9 Å². The molecule has 29 heavy (non-hydrogen) atoms. The Kier molecular flexibility index (Phi) is 5.56. The minimum atomic E-state index is -0.170. The Balaban J connectivity index is 1.47. The van der Waals surface area contributed by atoms with Crippen molar-refractivity contribution in [2.75, 3.05) is 20.1 Å². The first-order chi connectivity index (χ1) is 14.1. The number of hydrogen-bond donors (Lipinski definition) is 0. The standard InChI is InChI=1S/C24H25N3O2/c1-26(17-20-11-4-5-14-25-20)23(28)19-10-7-15-27(16-19)24(29)22-13-6-9-18-8-2-3-12-21(18)22/h2-6,8-9,11-14,19H,7,10,15-17H2,1H3. The van der Waals surface area contributed by atoms with E-state index in [2.05, 4.69) is 4.98 Å². The zero-order valence-electron chi connectivity index (χ0n) is 16.6. The topological polar surface area (TPSA) is 53.5 Å². The number of benzene rings is 2. The maximum atomic E-state index is 13.2. The number of rotatable bonds is 4. The molecule has 1 atom stereocenters. The van der Waals surface area contributed by atoms with E-state index < -0.39 is 0 Å². The van der Waals surface area contributed by atoms with E-state index in [1.807, 2.05) is 72.6 Å². The van der Waals surface area contributed by atoms with Crippen LogP contribution in [-0.2, 0) is 11.3 Å². The highest BCUT2D eigenvalue weighted by Gasteiger charge is 2.31. The second-order valence-electron chi connectivity index (χ2n) is 7.63. The molecule has 1 aliphatic rings. The molecule has 1 saturated heterocycles. The lowest BCUT2D eigenvalue weighted by Crippen LogP contribution is -2.45. The summed E-state index contributed by atoms with van der Waals surface area (Å²) in [6.07, 6.45) is 3.38. The molecule has 0 N–H and O–H groups in total. The zero-order chi connectivity index (χ0) is 20.2. The van der Waals surface area contributed by atoms with Gasteiger partial charge in [0.05, 0.1) is 18.2 Å². The van der Waals surface area contributed by atoms with Crippen LogP contribution in [0.4, 0.5) is 0 Å². The molecular formula is C24H25N3O2. The summed E-state index contributed by atoms with van der Waals surface area (Å²) in [5.41, 5.74) is 1.57. The smallest absolute Gasteiger partial charge is 0.254 e. The molecule has 0 spiro atoms. The van der Waals surface area contributed by atoms with Crippen LogP contribution in [0.2, 0.25) is 0 Å². The van der Waals surface area contributed by atoms with Crippen LogP contribution in [0, 0.1) is 5.92 Å². The minimum absolute atomic E-state index is 0.00618. The fourth-order valence-corrected chi connectivity index (χ4v) is 4.07. The third-order valence-corrected chi connectivity index (χ3v) is 5.58. The molecule has 1 aromatic heterocycles. The second-order valence-corrected chi connectivity index (χ2v) is 7.63. The van der Waals surface area contributed by atoms with E-state index in [9.17, 15) is 9.59 Å². The summed E-state index contributed by atoms with van der Waals surface area (Å²) in [5.74, 6) is -0.0888. The first-order valence-corrected chi connectivity index (χ1v) is 10.1. The molecule has 148 valence electrons. The van der Waals surface area contributed by atoms with Crippen molar-refractivity contribution in [2.24, 2.45) is 5.92 Å². The number of carbonyl (C=O) groups excluding carboxylic acids is 2. The molecule has 0 bridgehead atoms. The molecule has 2 heterocycles. The molecule has 5 nitrogen and oxygen atoms in total. The average Bonchev–Trinajstić information content (AvgIpc) is 2.78. The minimum Gasteiger partial charge on any atom is -0.340 e. The molecule has 0 radical (unpaired) electrons. The molecular weight excluding hydrogens is 362 g/mol. The normalized spacial score (nSPS) is 16.6. The van der Waals surface area contributed by atoms with Crippen molar-refractivity contribution in [1.29, 1.82) is 0 Å². The fraction of sp³-hybridized carbons (Fsp3) is 0.292. The Labute approximate surface area is 171 Å². The Bertz CT molecular complexity index is 1010. The van der Waals surface area contributed by atoms with Gasteiger partial charge in [0.2, 0.25) is 5.91 Å². The van der Waals surface area contributed by atoms with Crippen molar-refractivity contribution in [3.05, 3.63) is 78.1 Å². The van der Waals surface area contributed by atoms with Crippen molar-refractivity contribution in [3.63, 3.8) is 0 Å². The highest BCUT2D eigenvalue weighted by Crippen LogP contribution is 2.24. The molecule has 1 aliphatic heterocycles. The summed E-state index contributed by atoms with van der Waals surface area (Å²) < 4.78 is 0. The number of pyridine rings is 1. The van der Waals surface area contributed by atoms with Gasteiger partial charge in [-0.2, -0.15) is 0 Å². The summed E-state index contributed by atoms with van der Waals surface area (Å²) >= 11 is 0. The largest absolute Gasteiger partial charge is 0.340 e. The zero-order valence-corrected chi connectivity index (χ0v) is 16.6. The number of fused-ring (bicyclic) bond motifs is 1. The van der Waals surface area contributed by atoms with Crippen LogP contribution in [0.3, 0.4) is 0 Å². The van der Waals surface area contributed by atoms with Crippen LogP contribution in [0.5, 0.6) is 0 Å². The molecule has 3 aromatic rings. The van der Waals surface area contributed by atoms with Gasteiger partial charge in [0.25, 0.3) is 5.91 Å². The average molecular weight is 387 g/mol. The fourth-order valence-electron chi connectivity index (χ4n) is 4.07. The van der Waals surface area contributed by atoms with Crippen molar-refractivity contribution < 1.29 is 9.59 Å². The van der Waals surface area contributed by atoms with Gasteiger partial charge in [0.1, 0.15) is 0 Å². The number of aromatic nitrogens is 1. The lowest BCUT2D eigenvalue weighted by Gasteiger charge is -2.34. The van der Waals surface area contributed by atoms with Crippen LogP contribution in [0.25, 0.3) is 10.8 Å². The molecule has 1 unspecified atom stereocenters. The molecule has 4 rings (SSSR count). The molecule has 0 saturated carbocycles. The molecule has 2 aromatic carbocycles. The van der Waals surface area contributed by atoms with Gasteiger partial charge in [-0.15, -0.1) is 0 Å². The maximum Gasteiger partial charge on any atom is 0.254 e. The summed E-state index contributed by atoms with van der Waals surface area (Å²) in [6, 6.07) is 19.4. The van der Waals surface area contributed by atoms with E-state index in [-0.39, 0.29) is 17.7 Å². The quantitative estimate of drug-likeness (QED) is 0.685. The van der Waals surface area contributed by atoms with Crippen LogP contribution >= 0.6 is 0 Å². The SMILES string of the molecule is CN(Cc1ccccn1)C(=O)C1CCCN(C(=O)c2cccc3ccccc23)C1. The van der Waals surface area contributed by atoms with Crippen molar-refractivity contribution in [1.82, 2.24) is 14.8 Å². The lowest BCUT2D eigenvalue weighted by atomic mass is 9.95. The number of amides is 2. The summed E-state index contributed by atoms with van der Waals surface area (Å²) in [4.78, 5) is 34.1. The van der Waals surface area contributed by atoms with Gasteiger partial charge in [-0.3, -0.25) is 14.6 Å². The van der Waals surface area contributed by atoms with Gasteiger partial charge in [-0.05, 0) is 41.8 Å². The van der Waals surface area contributed by atoms with E-state index in [0.717, 1.165) is 29.3 Å². The van der Waals surface area contributed by atoms with Crippen molar-refractivity contribution in [3.8, 4) is 0 Å². The van der Waals surface area contributed by atoms with Crippen molar-refractivity contribution >= 4 is 22.6 Å². The first kappa shape index (κ1) is 19.1. The molecule has 0 aliphatic carbocycles. The van der Waals surface area contributed by atoms with Gasteiger partial charge in [0.15, 0.2) is 0 Å². The van der Waals surface area contributed by atoms with Crippen LogP contribution in [0.15, 0.2) is 66.9 Å². The number of hydrogen-bond acceptors (Lipinski definition) is 3. The predicted molar refractivity (Wildman–Crippen MR) is 113 cm³/mol. The highest BCUT2D eigenvalue weighted by atomic mass is 16.2. The van der Waals surface area contributed by atoms with Gasteiger partial charge < -0.3 is 9.80 Å². The molecule has 2 amide bonds. The Hall–Kier alpha value is -3.21. The Morgan fingerprint density at radius 2 is 1.86 bits per heavy atom. The number of nitrogens with zero attached hydrogens (tertiary/aromatic N) is 3. The number of likely N-dealkylation sites (tertiary alicyclic amines) is 1. The van der Waals surface area contributed by atoms with Gasteiger partial charge in [-0.1, -0.05) is 42.5 Å². The third kappa shape index (κ3) is 4.14. The van der Waals surface area contributed by atoms with Crippen molar-refractivity contribution in [2.45, 2.75) is 19.4 Å². The van der Waals surface area contributed by atoms with E-state index in [4.69, 9.17) is 0 Å². The van der Waals surface area contributed by atoms with E-state index in [1.165, 1.54) is 0 Å². The highest BCUT2D eigenvalue weighted by molar-refractivity contribution is 6.07. The van der Waals surface area contributed by atoms with E-state index >= 15 is 0 Å². The third-order valence-electron chi connectivity index (χ3n) is 5.58. The monoisotopic (exact) mass is 387 g/mol. The summed E-state index contributed by atoms with van der Waals surface area (Å²) in [5, 5.41) is 2.01. The molecule has 5 heteroatoms. The Morgan fingerprint density at radius 1 is 1.07 bits per heavy atom. The number of carbonyl (C=O) groups is 2. The molecule has 1 fully saturated rings. The van der Waals surface area contributed by atoms with Gasteiger partial charge in [-0.25, -0.2) is 0 Å². The number of piperidine rings is 1. The maximum absolute atomic E-state index is 13.2. The second kappa shape index (κ2) is 8.43. The van der Waals surface area contributed by atoms with Crippen LogP contribution in [-0.4, -0.2) is 46.7 Å². The lowest BCUT2D eigenvalue weighted by molar-refractivity contribution is -0.136. The Morgan fingerprint density at radius 3 is 2.69 bits per heavy atom. The summed E-state index contributed by atoms with van der Waals surface area (Å²) in [6.45, 7) is 1.64. The van der Waals surface area contributed by atoms with E-state index in [0.29, 0.717) is 25.2 Å². The first-order valence-electron chi connectivity index (χ1n) is 10.1. The predicted octanol–water partition coefficient (Wildman–Crippen LogP) is 3.75.